The fourth-order valence-corrected chi connectivity index (χ4v) is 0.281. The van der Waals surface area contributed by atoms with E-state index in [9.17, 15) is 0 Å². The third kappa shape index (κ3) is 0.578. The van der Waals surface area contributed by atoms with E-state index in [2.05, 4.69) is 4.99 Å². The van der Waals surface area contributed by atoms with E-state index >= 15 is 0 Å². The molecule has 1 aliphatic heterocycles. The number of ether oxygens (including phenoxy) is 1. The molecule has 0 bridgehead atoms. The minimum Gasteiger partial charge on any atom is -0.479 e. The quantitative estimate of drug-likeness (QED) is 0.419. The lowest BCUT2D eigenvalue weighted by atomic mass is 10.7. The molecular formula is C4H5NO. The summed E-state index contributed by atoms with van der Waals surface area (Å²) in [5, 5.41) is 0. The number of hydrogen-bond donors (Lipinski definition) is 0. The summed E-state index contributed by atoms with van der Waals surface area (Å²) in [6, 6.07) is 0. The van der Waals surface area contributed by atoms with Crippen molar-refractivity contribution in [3.63, 3.8) is 0 Å². The van der Waals surface area contributed by atoms with E-state index in [0.29, 0.717) is 6.73 Å². The van der Waals surface area contributed by atoms with Crippen LogP contribution < -0.4 is 0 Å². The molecule has 6 heavy (non-hydrogen) atoms. The maximum Gasteiger partial charge on any atom is 0.178 e. The Morgan fingerprint density at radius 2 is 2.67 bits per heavy atom. The van der Waals surface area contributed by atoms with Gasteiger partial charge in [0.15, 0.2) is 6.73 Å². The minimum atomic E-state index is 0.483. The first-order chi connectivity index (χ1) is 3.00. The molecule has 32 valence electrons. The van der Waals surface area contributed by atoms with Gasteiger partial charge >= 0.3 is 0 Å². The highest BCUT2D eigenvalue weighted by molar-refractivity contribution is 5.70. The largest absolute Gasteiger partial charge is 0.479 e. The van der Waals surface area contributed by atoms with Gasteiger partial charge in [-0.2, -0.15) is 0 Å². The summed E-state index contributed by atoms with van der Waals surface area (Å²) in [5.41, 5.74) is 0. The Bertz CT molecular complexity index is 73.5. The highest BCUT2D eigenvalue weighted by Gasteiger charge is 1.75. The van der Waals surface area contributed by atoms with Gasteiger partial charge < -0.3 is 4.74 Å². The topological polar surface area (TPSA) is 21.6 Å². The van der Waals surface area contributed by atoms with Crippen LogP contribution in [0.25, 0.3) is 0 Å². The predicted molar refractivity (Wildman–Crippen MR) is 23.6 cm³/mol. The molecule has 0 aliphatic carbocycles. The van der Waals surface area contributed by atoms with E-state index < -0.39 is 0 Å². The molecule has 0 radical (unpaired) electrons. The lowest BCUT2D eigenvalue weighted by Crippen LogP contribution is -1.86. The molecule has 0 unspecified atom stereocenters. The molecule has 0 saturated heterocycles. The van der Waals surface area contributed by atoms with E-state index in [1.807, 2.05) is 0 Å². The summed E-state index contributed by atoms with van der Waals surface area (Å²) in [5.74, 6) is 0. The Balaban J connectivity index is 2.46. The fourth-order valence-electron chi connectivity index (χ4n) is 0.281. The summed E-state index contributed by atoms with van der Waals surface area (Å²) in [6.07, 6.45) is 5.08. The monoisotopic (exact) mass is 83.0 g/mol. The third-order valence-corrected chi connectivity index (χ3v) is 0.515. The third-order valence-electron chi connectivity index (χ3n) is 0.515. The zero-order valence-corrected chi connectivity index (χ0v) is 3.29. The Kier molecular flexibility index (Phi) is 0.906. The number of rotatable bonds is 0. The van der Waals surface area contributed by atoms with Crippen LogP contribution in [0.3, 0.4) is 0 Å². The summed E-state index contributed by atoms with van der Waals surface area (Å²) < 4.78 is 4.69. The van der Waals surface area contributed by atoms with Crippen molar-refractivity contribution in [2.45, 2.75) is 0 Å². The Morgan fingerprint density at radius 3 is 2.83 bits per heavy atom. The van der Waals surface area contributed by atoms with Gasteiger partial charge in [0.05, 0.1) is 6.26 Å². The second kappa shape index (κ2) is 1.60. The van der Waals surface area contributed by atoms with Crippen molar-refractivity contribution >= 4 is 6.21 Å². The van der Waals surface area contributed by atoms with Crippen LogP contribution in [0.5, 0.6) is 0 Å². The summed E-state index contributed by atoms with van der Waals surface area (Å²) in [4.78, 5) is 3.74. The van der Waals surface area contributed by atoms with E-state index in [4.69, 9.17) is 4.74 Å². The van der Waals surface area contributed by atoms with Gasteiger partial charge in [0.2, 0.25) is 0 Å². The van der Waals surface area contributed by atoms with Gasteiger partial charge in [0.25, 0.3) is 0 Å². The first kappa shape index (κ1) is 3.40. The lowest BCUT2D eigenvalue weighted by Gasteiger charge is -1.94. The average Bonchev–Trinajstić information content (AvgIpc) is 1.72. The van der Waals surface area contributed by atoms with Gasteiger partial charge in [-0.1, -0.05) is 0 Å². The number of nitrogens with zero attached hydrogens (tertiary/aromatic N) is 1. The average molecular weight is 83.1 g/mol. The minimum absolute atomic E-state index is 0.483. The van der Waals surface area contributed by atoms with Gasteiger partial charge in [0, 0.05) is 6.21 Å². The summed E-state index contributed by atoms with van der Waals surface area (Å²) >= 11 is 0. The van der Waals surface area contributed by atoms with Crippen LogP contribution >= 0.6 is 0 Å². The molecule has 0 amide bonds. The fraction of sp³-hybridized carbons (Fsp3) is 0.250. The highest BCUT2D eigenvalue weighted by atomic mass is 16.5. The van der Waals surface area contributed by atoms with Gasteiger partial charge in [-0.25, -0.2) is 0 Å². The Labute approximate surface area is 36.1 Å². The Morgan fingerprint density at radius 1 is 1.67 bits per heavy atom. The van der Waals surface area contributed by atoms with Crippen LogP contribution in [0.2, 0.25) is 0 Å². The summed E-state index contributed by atoms with van der Waals surface area (Å²) in [7, 11) is 0. The van der Waals surface area contributed by atoms with Gasteiger partial charge in [-0.3, -0.25) is 4.99 Å². The SMILES string of the molecule is C1=COCN=C1. The van der Waals surface area contributed by atoms with Crippen LogP contribution in [0, 0.1) is 0 Å². The van der Waals surface area contributed by atoms with Crippen molar-refractivity contribution in [3.05, 3.63) is 12.3 Å². The van der Waals surface area contributed by atoms with Crippen LogP contribution in [0.15, 0.2) is 17.3 Å². The van der Waals surface area contributed by atoms with Crippen molar-refractivity contribution in [3.8, 4) is 0 Å². The molecule has 0 saturated carbocycles. The second-order valence-corrected chi connectivity index (χ2v) is 0.956. The number of aliphatic imine (C=N–C) groups is 1. The predicted octanol–water partition coefficient (Wildman–Crippen LogP) is 0.559. The summed E-state index contributed by atoms with van der Waals surface area (Å²) in [6.45, 7) is 0.483. The highest BCUT2D eigenvalue weighted by Crippen LogP contribution is 1.81. The molecule has 1 rings (SSSR count). The molecule has 2 heteroatoms. The smallest absolute Gasteiger partial charge is 0.178 e. The van der Waals surface area contributed by atoms with Gasteiger partial charge in [-0.15, -0.1) is 0 Å². The molecule has 0 spiro atoms. The molecular weight excluding hydrogens is 78.0 g/mol. The molecule has 0 aromatic carbocycles. The van der Waals surface area contributed by atoms with Crippen molar-refractivity contribution in [1.82, 2.24) is 0 Å². The molecule has 0 aromatic heterocycles. The molecule has 2 nitrogen and oxygen atoms in total. The van der Waals surface area contributed by atoms with E-state index in [1.165, 1.54) is 0 Å². The standard InChI is InChI=1S/C4H5NO/c1-2-5-4-6-3-1/h1-3H,4H2. The second-order valence-electron chi connectivity index (χ2n) is 0.956. The molecule has 0 fully saturated rings. The molecule has 0 aromatic rings. The van der Waals surface area contributed by atoms with Crippen molar-refractivity contribution in [2.24, 2.45) is 4.99 Å². The van der Waals surface area contributed by atoms with Gasteiger partial charge in [0.1, 0.15) is 0 Å². The molecule has 1 aliphatic rings. The van der Waals surface area contributed by atoms with Crippen molar-refractivity contribution < 1.29 is 4.74 Å². The van der Waals surface area contributed by atoms with Crippen LogP contribution in [-0.2, 0) is 4.74 Å². The van der Waals surface area contributed by atoms with Gasteiger partial charge in [-0.05, 0) is 6.08 Å². The molecule has 0 atom stereocenters. The van der Waals surface area contributed by atoms with E-state index in [-0.39, 0.29) is 0 Å². The first-order valence-corrected chi connectivity index (χ1v) is 1.77. The molecule has 0 N–H and O–H groups in total. The zero-order valence-electron chi connectivity index (χ0n) is 3.29. The van der Waals surface area contributed by atoms with E-state index in [1.54, 1.807) is 18.6 Å². The maximum atomic E-state index is 4.69. The first-order valence-electron chi connectivity index (χ1n) is 1.77. The zero-order chi connectivity index (χ0) is 4.24. The van der Waals surface area contributed by atoms with Crippen LogP contribution in [0.1, 0.15) is 0 Å². The lowest BCUT2D eigenvalue weighted by molar-refractivity contribution is 0.259. The van der Waals surface area contributed by atoms with Crippen LogP contribution in [-0.4, -0.2) is 12.9 Å². The number of hydrogen-bond acceptors (Lipinski definition) is 2. The molecule has 1 heterocycles. The van der Waals surface area contributed by atoms with Crippen molar-refractivity contribution in [2.75, 3.05) is 6.73 Å². The van der Waals surface area contributed by atoms with E-state index in [0.717, 1.165) is 0 Å². The van der Waals surface area contributed by atoms with Crippen LogP contribution in [0.4, 0.5) is 0 Å². The number of allylic oxidation sites excluding steroid dienone is 1. The normalized spacial score (nSPS) is 17.3. The van der Waals surface area contributed by atoms with Crippen molar-refractivity contribution in [1.29, 1.82) is 0 Å². The Hall–Kier alpha value is -0.790. The maximum absolute atomic E-state index is 4.69.